The molecule has 8 nitrogen and oxygen atoms in total. The van der Waals surface area contributed by atoms with Gasteiger partial charge in [-0.15, -0.1) is 11.8 Å². The van der Waals surface area contributed by atoms with Crippen LogP contribution in [0.15, 0.2) is 132 Å². The molecule has 1 atom stereocenters. The Balaban J connectivity index is 1.35. The van der Waals surface area contributed by atoms with E-state index in [0.717, 1.165) is 10.5 Å². The van der Waals surface area contributed by atoms with Crippen molar-refractivity contribution in [3.63, 3.8) is 0 Å². The zero-order chi connectivity index (χ0) is 34.8. The number of thioether (sulfide) groups is 1. The molecule has 3 amide bonds. The molecule has 0 aliphatic rings. The van der Waals surface area contributed by atoms with Gasteiger partial charge in [-0.25, -0.2) is 0 Å². The van der Waals surface area contributed by atoms with E-state index in [2.05, 4.69) is 16.0 Å². The van der Waals surface area contributed by atoms with Gasteiger partial charge in [-0.3, -0.25) is 14.4 Å². The zero-order valence-corrected chi connectivity index (χ0v) is 28.7. The van der Waals surface area contributed by atoms with Gasteiger partial charge in [0.2, 0.25) is 5.91 Å². The number of rotatable bonds is 12. The number of carbonyl (C=O) groups excluding carboxylic acids is 3. The van der Waals surface area contributed by atoms with E-state index >= 15 is 0 Å². The first kappa shape index (κ1) is 35.1. The van der Waals surface area contributed by atoms with Gasteiger partial charge in [0.1, 0.15) is 10.9 Å². The maximum atomic E-state index is 13.6. The van der Waals surface area contributed by atoms with Crippen LogP contribution in [-0.4, -0.2) is 31.9 Å². The van der Waals surface area contributed by atoms with E-state index in [4.69, 9.17) is 32.7 Å². The van der Waals surface area contributed by atoms with Crippen LogP contribution in [0.2, 0.25) is 10.0 Å². The summed E-state index contributed by atoms with van der Waals surface area (Å²) in [6.07, 6.45) is 1.55. The van der Waals surface area contributed by atoms with Gasteiger partial charge >= 0.3 is 0 Å². The fourth-order valence-corrected chi connectivity index (χ4v) is 6.17. The number of carbonyl (C=O) groups is 3. The van der Waals surface area contributed by atoms with Crippen LogP contribution in [-0.2, 0) is 9.59 Å². The number of benzene rings is 5. The van der Waals surface area contributed by atoms with E-state index in [1.165, 1.54) is 26.0 Å². The SMILES string of the molecule is COc1ccc(/C=C(\NC(=O)c2ccccc2)C(=O)Nc2ccc(SC(C(=O)Nc3ccc(Cl)cc3Cl)c3ccccc3)cc2)cc1OC. The van der Waals surface area contributed by atoms with Crippen LogP contribution in [0.4, 0.5) is 11.4 Å². The van der Waals surface area contributed by atoms with Crippen molar-refractivity contribution >= 4 is 70.1 Å². The average molecular weight is 713 g/mol. The van der Waals surface area contributed by atoms with Crippen molar-refractivity contribution in [2.45, 2.75) is 10.1 Å². The number of anilines is 2. The molecule has 0 heterocycles. The molecule has 5 aromatic carbocycles. The summed E-state index contributed by atoms with van der Waals surface area (Å²) in [5, 5.41) is 8.68. The van der Waals surface area contributed by atoms with Crippen LogP contribution in [0.3, 0.4) is 0 Å². The maximum absolute atomic E-state index is 13.6. The van der Waals surface area contributed by atoms with Gasteiger partial charge < -0.3 is 25.4 Å². The van der Waals surface area contributed by atoms with Crippen molar-refractivity contribution in [2.75, 3.05) is 24.9 Å². The van der Waals surface area contributed by atoms with Crippen molar-refractivity contribution in [1.29, 1.82) is 0 Å². The van der Waals surface area contributed by atoms with E-state index in [9.17, 15) is 14.4 Å². The molecular formula is C38H31Cl2N3O5S. The standard InChI is InChI=1S/C38H31Cl2N3O5S/c1-47-33-20-13-24(22-34(33)48-2)21-32(43-36(44)26-11-7-4-8-12-26)37(45)41-28-15-17-29(18-16-28)49-35(25-9-5-3-6-10-25)38(46)42-31-19-14-27(39)23-30(31)40/h3-23,35H,1-2H3,(H,41,45)(H,42,46)(H,43,44)/b32-21-. The van der Waals surface area contributed by atoms with Crippen LogP contribution >= 0.6 is 35.0 Å². The second-order valence-electron chi connectivity index (χ2n) is 10.5. The molecule has 0 saturated carbocycles. The first-order valence-electron chi connectivity index (χ1n) is 14.9. The summed E-state index contributed by atoms with van der Waals surface area (Å²) >= 11 is 13.7. The van der Waals surface area contributed by atoms with E-state index in [1.807, 2.05) is 30.3 Å². The predicted molar refractivity (Wildman–Crippen MR) is 197 cm³/mol. The van der Waals surface area contributed by atoms with Gasteiger partial charge in [0, 0.05) is 21.2 Å². The lowest BCUT2D eigenvalue weighted by atomic mass is 10.1. The average Bonchev–Trinajstić information content (AvgIpc) is 3.12. The maximum Gasteiger partial charge on any atom is 0.272 e. The Kier molecular flexibility index (Phi) is 12.0. The van der Waals surface area contributed by atoms with Crippen molar-refractivity contribution < 1.29 is 23.9 Å². The van der Waals surface area contributed by atoms with Crippen LogP contribution in [0.25, 0.3) is 6.08 Å². The van der Waals surface area contributed by atoms with E-state index < -0.39 is 17.1 Å². The summed E-state index contributed by atoms with van der Waals surface area (Å²) in [5.74, 6) is -0.257. The molecule has 0 bridgehead atoms. The molecule has 0 radical (unpaired) electrons. The Bertz CT molecular complexity index is 1970. The molecule has 11 heteroatoms. The van der Waals surface area contributed by atoms with E-state index in [1.54, 1.807) is 97.1 Å². The highest BCUT2D eigenvalue weighted by atomic mass is 35.5. The smallest absolute Gasteiger partial charge is 0.272 e. The fourth-order valence-electron chi connectivity index (χ4n) is 4.69. The molecule has 0 spiro atoms. The molecule has 0 aliphatic heterocycles. The summed E-state index contributed by atoms with van der Waals surface area (Å²) in [6.45, 7) is 0. The summed E-state index contributed by atoms with van der Waals surface area (Å²) < 4.78 is 10.7. The lowest BCUT2D eigenvalue weighted by Crippen LogP contribution is -2.30. The van der Waals surface area contributed by atoms with E-state index in [0.29, 0.717) is 44.0 Å². The van der Waals surface area contributed by atoms with Crippen molar-refractivity contribution in [3.8, 4) is 11.5 Å². The van der Waals surface area contributed by atoms with Crippen LogP contribution in [0.1, 0.15) is 26.7 Å². The number of ether oxygens (including phenoxy) is 2. The summed E-state index contributed by atoms with van der Waals surface area (Å²) in [4.78, 5) is 41.0. The molecule has 0 aromatic heterocycles. The third-order valence-electron chi connectivity index (χ3n) is 7.14. The van der Waals surface area contributed by atoms with Crippen LogP contribution < -0.4 is 25.4 Å². The first-order chi connectivity index (χ1) is 23.7. The Morgan fingerprint density at radius 2 is 1.41 bits per heavy atom. The number of amides is 3. The molecular weight excluding hydrogens is 681 g/mol. The second-order valence-corrected chi connectivity index (χ2v) is 12.5. The van der Waals surface area contributed by atoms with Crippen molar-refractivity contribution in [3.05, 3.63) is 154 Å². The minimum absolute atomic E-state index is 0.0150. The number of hydrogen-bond donors (Lipinski definition) is 3. The van der Waals surface area contributed by atoms with E-state index in [-0.39, 0.29) is 11.6 Å². The zero-order valence-electron chi connectivity index (χ0n) is 26.4. The third kappa shape index (κ3) is 9.45. The molecule has 0 saturated heterocycles. The Hall–Kier alpha value is -5.22. The van der Waals surface area contributed by atoms with Gasteiger partial charge in [0.05, 0.1) is 24.9 Å². The molecule has 49 heavy (non-hydrogen) atoms. The Morgan fingerprint density at radius 3 is 2.06 bits per heavy atom. The minimum Gasteiger partial charge on any atom is -0.493 e. The largest absolute Gasteiger partial charge is 0.493 e. The summed E-state index contributed by atoms with van der Waals surface area (Å²) in [6, 6.07) is 35.1. The van der Waals surface area contributed by atoms with Gasteiger partial charge in [-0.1, -0.05) is 77.8 Å². The number of methoxy groups -OCH3 is 2. The van der Waals surface area contributed by atoms with Gasteiger partial charge in [0.15, 0.2) is 11.5 Å². The topological polar surface area (TPSA) is 106 Å². The van der Waals surface area contributed by atoms with Crippen molar-refractivity contribution in [2.24, 2.45) is 0 Å². The van der Waals surface area contributed by atoms with Gasteiger partial charge in [-0.2, -0.15) is 0 Å². The molecule has 248 valence electrons. The lowest BCUT2D eigenvalue weighted by Gasteiger charge is -2.18. The molecule has 0 fully saturated rings. The fraction of sp³-hybridized carbons (Fsp3) is 0.0789. The molecule has 1 unspecified atom stereocenters. The molecule has 5 aromatic rings. The number of halogens is 2. The van der Waals surface area contributed by atoms with Gasteiger partial charge in [-0.05, 0) is 83.9 Å². The van der Waals surface area contributed by atoms with Gasteiger partial charge in [0.25, 0.3) is 11.8 Å². The highest BCUT2D eigenvalue weighted by Crippen LogP contribution is 2.37. The second kappa shape index (κ2) is 16.7. The Labute approximate surface area is 298 Å². The predicted octanol–water partition coefficient (Wildman–Crippen LogP) is 8.89. The van der Waals surface area contributed by atoms with Crippen LogP contribution in [0, 0.1) is 0 Å². The number of nitrogens with one attached hydrogen (secondary N) is 3. The normalized spacial score (nSPS) is 11.6. The number of hydrogen-bond acceptors (Lipinski definition) is 6. The first-order valence-corrected chi connectivity index (χ1v) is 16.6. The third-order valence-corrected chi connectivity index (χ3v) is 8.96. The quantitative estimate of drug-likeness (QED) is 0.0882. The Morgan fingerprint density at radius 1 is 0.735 bits per heavy atom. The molecule has 5 rings (SSSR count). The molecule has 0 aliphatic carbocycles. The summed E-state index contributed by atoms with van der Waals surface area (Å²) in [5.41, 5.74) is 2.74. The molecule has 3 N–H and O–H groups in total. The highest BCUT2D eigenvalue weighted by Gasteiger charge is 2.23. The summed E-state index contributed by atoms with van der Waals surface area (Å²) in [7, 11) is 3.05. The van der Waals surface area contributed by atoms with Crippen molar-refractivity contribution in [1.82, 2.24) is 5.32 Å². The lowest BCUT2D eigenvalue weighted by molar-refractivity contribution is -0.116. The monoisotopic (exact) mass is 711 g/mol. The minimum atomic E-state index is -0.613. The van der Waals surface area contributed by atoms with Crippen LogP contribution in [0.5, 0.6) is 11.5 Å². The highest BCUT2D eigenvalue weighted by molar-refractivity contribution is 8.00.